The van der Waals surface area contributed by atoms with Crippen molar-refractivity contribution in [2.45, 2.75) is 19.1 Å². The number of methoxy groups -OCH3 is 1. The maximum absolute atomic E-state index is 13.2. The van der Waals surface area contributed by atoms with Crippen LogP contribution in [0.1, 0.15) is 18.6 Å². The lowest BCUT2D eigenvalue weighted by molar-refractivity contribution is -0.0605. The molecule has 0 saturated carbocycles. The molecule has 2 rings (SSSR count). The molecule has 1 heterocycles. The Hall–Kier alpha value is -0.970. The monoisotopic (exact) mass is 494 g/mol. The van der Waals surface area contributed by atoms with Gasteiger partial charge in [-0.05, 0) is 31.7 Å². The van der Waals surface area contributed by atoms with Crippen LogP contribution < -0.4 is 5.32 Å². The van der Waals surface area contributed by atoms with Gasteiger partial charge in [0.05, 0.1) is 19.3 Å². The Balaban J connectivity index is 0.00000364. The molecule has 154 valence electrons. The van der Waals surface area contributed by atoms with E-state index < -0.39 is 0 Å². The predicted octanol–water partition coefficient (Wildman–Crippen LogP) is 2.36. The first kappa shape index (κ1) is 24.1. The molecule has 0 spiro atoms. The number of nitrogens with one attached hydrogen (secondary N) is 1. The summed E-state index contributed by atoms with van der Waals surface area (Å²) in [6.45, 7) is 6.85. The summed E-state index contributed by atoms with van der Waals surface area (Å²) in [6, 6.07) is 6.53. The van der Waals surface area contributed by atoms with E-state index in [0.717, 1.165) is 44.3 Å². The van der Waals surface area contributed by atoms with Crippen LogP contribution in [0.2, 0.25) is 0 Å². The van der Waals surface area contributed by atoms with E-state index in [1.807, 2.05) is 0 Å². The summed E-state index contributed by atoms with van der Waals surface area (Å²) in [4.78, 5) is 8.84. The molecule has 1 aliphatic rings. The molecule has 0 aliphatic carbocycles. The Bertz CT molecular complexity index is 573. The number of halogens is 2. The Kier molecular flexibility index (Phi) is 11.1. The third kappa shape index (κ3) is 7.89. The van der Waals surface area contributed by atoms with E-state index >= 15 is 0 Å². The summed E-state index contributed by atoms with van der Waals surface area (Å²) in [6.07, 6.45) is -0.0241. The summed E-state index contributed by atoms with van der Waals surface area (Å²) in [7, 11) is 5.58. The maximum Gasteiger partial charge on any atom is 0.193 e. The Labute approximate surface area is 179 Å². The number of hydrogen-bond donors (Lipinski definition) is 1. The highest BCUT2D eigenvalue weighted by Gasteiger charge is 2.28. The zero-order valence-corrected chi connectivity index (χ0v) is 19.0. The zero-order chi connectivity index (χ0) is 18.9. The minimum atomic E-state index is -0.232. The fourth-order valence-corrected chi connectivity index (χ4v) is 3.04. The molecule has 0 bridgehead atoms. The molecule has 1 saturated heterocycles. The third-order valence-electron chi connectivity index (χ3n) is 4.47. The summed E-state index contributed by atoms with van der Waals surface area (Å²) < 4.78 is 24.3. The average Bonchev–Trinajstić information content (AvgIpc) is 2.63. The fraction of sp³-hybridized carbons (Fsp3) is 0.632. The van der Waals surface area contributed by atoms with Crippen LogP contribution >= 0.6 is 24.0 Å². The zero-order valence-electron chi connectivity index (χ0n) is 16.7. The lowest BCUT2D eigenvalue weighted by Gasteiger charge is -2.38. The molecule has 0 radical (unpaired) electrons. The number of ether oxygens (including phenoxy) is 2. The van der Waals surface area contributed by atoms with Crippen molar-refractivity contribution < 1.29 is 13.9 Å². The summed E-state index contributed by atoms with van der Waals surface area (Å²) >= 11 is 0. The SMILES string of the molecule is CN=C(NCCN(C)CCOC)N1CC(C)OC(c2ccc(F)cc2)C1.I. The van der Waals surface area contributed by atoms with Crippen molar-refractivity contribution >= 4 is 29.9 Å². The molecule has 0 amide bonds. The van der Waals surface area contributed by atoms with Gasteiger partial charge in [-0.15, -0.1) is 24.0 Å². The number of rotatable bonds is 7. The highest BCUT2D eigenvalue weighted by molar-refractivity contribution is 14.0. The Morgan fingerprint density at radius 2 is 2.04 bits per heavy atom. The van der Waals surface area contributed by atoms with Crippen molar-refractivity contribution in [3.05, 3.63) is 35.6 Å². The van der Waals surface area contributed by atoms with Gasteiger partial charge in [0.1, 0.15) is 11.9 Å². The van der Waals surface area contributed by atoms with Gasteiger partial charge in [-0.2, -0.15) is 0 Å². The van der Waals surface area contributed by atoms with Crippen LogP contribution in [0.15, 0.2) is 29.3 Å². The van der Waals surface area contributed by atoms with Gasteiger partial charge in [-0.1, -0.05) is 12.1 Å². The second kappa shape index (κ2) is 12.5. The quantitative estimate of drug-likeness (QED) is 0.359. The lowest BCUT2D eigenvalue weighted by atomic mass is 10.1. The third-order valence-corrected chi connectivity index (χ3v) is 4.47. The molecule has 27 heavy (non-hydrogen) atoms. The molecule has 2 atom stereocenters. The Morgan fingerprint density at radius 1 is 1.33 bits per heavy atom. The molecule has 1 N–H and O–H groups in total. The number of benzene rings is 1. The predicted molar refractivity (Wildman–Crippen MR) is 117 cm³/mol. The first-order chi connectivity index (χ1) is 12.5. The molecule has 1 fully saturated rings. The highest BCUT2D eigenvalue weighted by atomic mass is 127. The molecule has 8 heteroatoms. The Morgan fingerprint density at radius 3 is 2.67 bits per heavy atom. The van der Waals surface area contributed by atoms with Crippen LogP contribution in [-0.2, 0) is 9.47 Å². The van der Waals surface area contributed by atoms with Gasteiger partial charge >= 0.3 is 0 Å². The van der Waals surface area contributed by atoms with Gasteiger partial charge in [0, 0.05) is 40.3 Å². The number of morpholine rings is 1. The van der Waals surface area contributed by atoms with Gasteiger partial charge in [0.15, 0.2) is 5.96 Å². The van der Waals surface area contributed by atoms with Gasteiger partial charge in [-0.25, -0.2) is 4.39 Å². The number of hydrogen-bond acceptors (Lipinski definition) is 4. The molecular weight excluding hydrogens is 462 g/mol. The first-order valence-electron chi connectivity index (χ1n) is 9.07. The number of likely N-dealkylation sites (N-methyl/N-ethyl adjacent to an activating group) is 1. The van der Waals surface area contributed by atoms with E-state index in [9.17, 15) is 4.39 Å². The van der Waals surface area contributed by atoms with Crippen molar-refractivity contribution in [2.75, 3.05) is 60.5 Å². The molecule has 1 aliphatic heterocycles. The van der Waals surface area contributed by atoms with Crippen LogP contribution in [0, 0.1) is 5.82 Å². The highest BCUT2D eigenvalue weighted by Crippen LogP contribution is 2.25. The largest absolute Gasteiger partial charge is 0.383 e. The number of aliphatic imine (C=N–C) groups is 1. The van der Waals surface area contributed by atoms with Gasteiger partial charge < -0.3 is 24.6 Å². The van der Waals surface area contributed by atoms with Crippen LogP contribution in [0.4, 0.5) is 4.39 Å². The molecule has 2 unspecified atom stereocenters. The second-order valence-electron chi connectivity index (χ2n) is 6.66. The van der Waals surface area contributed by atoms with Gasteiger partial charge in [0.25, 0.3) is 0 Å². The van der Waals surface area contributed by atoms with Gasteiger partial charge in [0.2, 0.25) is 0 Å². The second-order valence-corrected chi connectivity index (χ2v) is 6.66. The topological polar surface area (TPSA) is 49.3 Å². The average molecular weight is 494 g/mol. The molecule has 1 aromatic carbocycles. The van der Waals surface area contributed by atoms with Crippen molar-refractivity contribution in [3.63, 3.8) is 0 Å². The van der Waals surface area contributed by atoms with E-state index in [4.69, 9.17) is 9.47 Å². The van der Waals surface area contributed by atoms with E-state index in [2.05, 4.69) is 34.1 Å². The molecular formula is C19H32FIN4O2. The van der Waals surface area contributed by atoms with E-state index in [1.165, 1.54) is 12.1 Å². The standard InChI is InChI=1S/C19H31FN4O2.HI/c1-15-13-24(14-18(26-15)16-5-7-17(20)8-6-16)19(21-2)22-9-10-23(3)11-12-25-4;/h5-8,15,18H,9-14H2,1-4H3,(H,21,22);1H. The van der Waals surface area contributed by atoms with E-state index in [1.54, 1.807) is 26.3 Å². The lowest BCUT2D eigenvalue weighted by Crippen LogP contribution is -2.51. The normalized spacial score (nSPS) is 20.5. The van der Waals surface area contributed by atoms with Crippen molar-refractivity contribution in [1.82, 2.24) is 15.1 Å². The van der Waals surface area contributed by atoms with Crippen molar-refractivity contribution in [2.24, 2.45) is 4.99 Å². The number of guanidine groups is 1. The van der Waals surface area contributed by atoms with Crippen LogP contribution in [-0.4, -0.2) is 82.4 Å². The van der Waals surface area contributed by atoms with Gasteiger partial charge in [-0.3, -0.25) is 4.99 Å². The fourth-order valence-electron chi connectivity index (χ4n) is 3.04. The smallest absolute Gasteiger partial charge is 0.193 e. The maximum atomic E-state index is 13.2. The van der Waals surface area contributed by atoms with Crippen molar-refractivity contribution in [1.29, 1.82) is 0 Å². The molecule has 1 aromatic rings. The van der Waals surface area contributed by atoms with Crippen molar-refractivity contribution in [3.8, 4) is 0 Å². The van der Waals surface area contributed by atoms with E-state index in [0.29, 0.717) is 6.54 Å². The molecule has 6 nitrogen and oxygen atoms in total. The summed E-state index contributed by atoms with van der Waals surface area (Å²) in [5.74, 6) is 0.636. The summed E-state index contributed by atoms with van der Waals surface area (Å²) in [5, 5.41) is 3.43. The van der Waals surface area contributed by atoms with E-state index in [-0.39, 0.29) is 42.0 Å². The van der Waals surface area contributed by atoms with Crippen LogP contribution in [0.5, 0.6) is 0 Å². The minimum Gasteiger partial charge on any atom is -0.383 e. The van der Waals surface area contributed by atoms with Crippen LogP contribution in [0.3, 0.4) is 0 Å². The molecule has 0 aromatic heterocycles. The summed E-state index contributed by atoms with van der Waals surface area (Å²) in [5.41, 5.74) is 0.984. The minimum absolute atomic E-state index is 0. The number of nitrogens with zero attached hydrogens (tertiary/aromatic N) is 3. The first-order valence-corrected chi connectivity index (χ1v) is 9.07. The van der Waals surface area contributed by atoms with Crippen LogP contribution in [0.25, 0.3) is 0 Å².